The first-order valence-electron chi connectivity index (χ1n) is 7.83. The summed E-state index contributed by atoms with van der Waals surface area (Å²) in [7, 11) is 1.94. The van der Waals surface area contributed by atoms with Crippen LogP contribution in [-0.4, -0.2) is 46.2 Å². The van der Waals surface area contributed by atoms with E-state index in [-0.39, 0.29) is 5.75 Å². The molecular formula is C18H24N2O3S. The molecule has 2 aromatic rings. The van der Waals surface area contributed by atoms with Gasteiger partial charge in [-0.1, -0.05) is 18.2 Å². The molecule has 5 nitrogen and oxygen atoms in total. The fourth-order valence-electron chi connectivity index (χ4n) is 2.19. The highest BCUT2D eigenvalue weighted by Gasteiger charge is 2.13. The van der Waals surface area contributed by atoms with Crippen LogP contribution < -0.4 is 9.64 Å². The van der Waals surface area contributed by atoms with E-state index in [1.807, 2.05) is 66.5 Å². The van der Waals surface area contributed by atoms with E-state index in [1.54, 1.807) is 14.1 Å². The zero-order valence-corrected chi connectivity index (χ0v) is 15.2. The number of hydrogen-bond donors (Lipinski definition) is 0. The summed E-state index contributed by atoms with van der Waals surface area (Å²) >= 11 is 0. The Bertz CT molecular complexity index is 729. The maximum atomic E-state index is 11.8. The molecule has 0 unspecified atom stereocenters. The summed E-state index contributed by atoms with van der Waals surface area (Å²) in [4.78, 5) is 2.04. The van der Waals surface area contributed by atoms with Gasteiger partial charge in [0.1, 0.15) is 11.5 Å². The first kappa shape index (κ1) is 18.3. The third kappa shape index (κ3) is 5.25. The molecule has 6 heteroatoms. The van der Waals surface area contributed by atoms with Gasteiger partial charge >= 0.3 is 0 Å². The molecule has 0 atom stereocenters. The predicted molar refractivity (Wildman–Crippen MR) is 98.3 cm³/mol. The summed E-state index contributed by atoms with van der Waals surface area (Å²) in [5.74, 6) is 1.72. The summed E-state index contributed by atoms with van der Waals surface area (Å²) in [5, 5.41) is 0. The molecule has 0 aliphatic carbocycles. The molecule has 0 saturated carbocycles. The number of rotatable bonds is 8. The molecule has 0 spiro atoms. The molecule has 0 fully saturated rings. The molecule has 0 saturated heterocycles. The Balaban J connectivity index is 1.88. The summed E-state index contributed by atoms with van der Waals surface area (Å²) in [6.07, 6.45) is 0.583. The minimum atomic E-state index is -3.13. The second-order valence-electron chi connectivity index (χ2n) is 5.78. The fraction of sp³-hybridized carbons (Fsp3) is 0.333. The van der Waals surface area contributed by atoms with Crippen molar-refractivity contribution >= 4 is 15.7 Å². The Labute approximate surface area is 144 Å². The van der Waals surface area contributed by atoms with E-state index in [2.05, 4.69) is 0 Å². The van der Waals surface area contributed by atoms with Crippen molar-refractivity contribution in [3.05, 3.63) is 54.6 Å². The van der Waals surface area contributed by atoms with Crippen LogP contribution in [0.4, 0.5) is 5.69 Å². The number of ether oxygens (including phenoxy) is 1. The molecule has 130 valence electrons. The highest BCUT2D eigenvalue weighted by molar-refractivity contribution is 7.89. The van der Waals surface area contributed by atoms with Gasteiger partial charge in [-0.3, -0.25) is 0 Å². The Morgan fingerprint density at radius 1 is 0.875 bits per heavy atom. The van der Waals surface area contributed by atoms with Gasteiger partial charge in [0.25, 0.3) is 0 Å². The van der Waals surface area contributed by atoms with Crippen molar-refractivity contribution in [1.82, 2.24) is 4.31 Å². The minimum absolute atomic E-state index is 0.152. The molecule has 24 heavy (non-hydrogen) atoms. The van der Waals surface area contributed by atoms with Crippen LogP contribution in [0.3, 0.4) is 0 Å². The van der Waals surface area contributed by atoms with Crippen LogP contribution in [0, 0.1) is 0 Å². The Morgan fingerprint density at radius 2 is 1.46 bits per heavy atom. The molecule has 0 amide bonds. The highest BCUT2D eigenvalue weighted by Crippen LogP contribution is 2.23. The number of para-hydroxylation sites is 1. The van der Waals surface area contributed by atoms with Crippen LogP contribution in [0.5, 0.6) is 11.5 Å². The van der Waals surface area contributed by atoms with Crippen LogP contribution in [0.2, 0.25) is 0 Å². The van der Waals surface area contributed by atoms with E-state index >= 15 is 0 Å². The van der Waals surface area contributed by atoms with Crippen LogP contribution in [0.15, 0.2) is 54.6 Å². The largest absolute Gasteiger partial charge is 0.457 e. The van der Waals surface area contributed by atoms with Crippen molar-refractivity contribution in [2.75, 3.05) is 38.3 Å². The lowest BCUT2D eigenvalue weighted by atomic mass is 10.2. The van der Waals surface area contributed by atoms with E-state index in [4.69, 9.17) is 4.74 Å². The average Bonchev–Trinajstić information content (AvgIpc) is 2.56. The molecule has 0 aromatic heterocycles. The van der Waals surface area contributed by atoms with Gasteiger partial charge in [-0.25, -0.2) is 12.7 Å². The predicted octanol–water partition coefficient (Wildman–Crippen LogP) is 3.20. The van der Waals surface area contributed by atoms with Crippen LogP contribution >= 0.6 is 0 Å². The van der Waals surface area contributed by atoms with Crippen molar-refractivity contribution in [2.24, 2.45) is 0 Å². The van der Waals surface area contributed by atoms with Gasteiger partial charge in [0, 0.05) is 33.4 Å². The molecule has 0 aliphatic rings. The summed E-state index contributed by atoms with van der Waals surface area (Å²) in [6, 6.07) is 17.4. The number of anilines is 1. The van der Waals surface area contributed by atoms with Gasteiger partial charge in [0.15, 0.2) is 0 Å². The summed E-state index contributed by atoms with van der Waals surface area (Å²) in [5.41, 5.74) is 1.03. The van der Waals surface area contributed by atoms with Crippen LogP contribution in [0.1, 0.15) is 6.42 Å². The second kappa shape index (κ2) is 8.17. The lowest BCUT2D eigenvalue weighted by Gasteiger charge is -2.20. The zero-order chi connectivity index (χ0) is 17.6. The third-order valence-electron chi connectivity index (χ3n) is 3.71. The molecule has 0 heterocycles. The average molecular weight is 348 g/mol. The highest BCUT2D eigenvalue weighted by atomic mass is 32.2. The molecule has 2 aromatic carbocycles. The van der Waals surface area contributed by atoms with E-state index < -0.39 is 10.0 Å². The second-order valence-corrected chi connectivity index (χ2v) is 8.08. The normalized spacial score (nSPS) is 11.5. The van der Waals surface area contributed by atoms with Gasteiger partial charge in [-0.05, 0) is 42.8 Å². The summed E-state index contributed by atoms with van der Waals surface area (Å²) in [6.45, 7) is 0.673. The van der Waals surface area contributed by atoms with Gasteiger partial charge in [-0.15, -0.1) is 0 Å². The van der Waals surface area contributed by atoms with Crippen molar-refractivity contribution in [3.63, 3.8) is 0 Å². The van der Waals surface area contributed by atoms with Gasteiger partial charge in [0.05, 0.1) is 5.75 Å². The number of sulfonamides is 1. The van der Waals surface area contributed by atoms with Crippen LogP contribution in [-0.2, 0) is 10.0 Å². The van der Waals surface area contributed by atoms with E-state index in [9.17, 15) is 8.42 Å². The van der Waals surface area contributed by atoms with Crippen molar-refractivity contribution in [2.45, 2.75) is 6.42 Å². The SMILES string of the molecule is CN(CCCS(=O)(=O)N(C)C)c1ccc(Oc2ccccc2)cc1. The Kier molecular flexibility index (Phi) is 6.23. The number of benzene rings is 2. The maximum absolute atomic E-state index is 11.8. The molecule has 0 aliphatic heterocycles. The number of hydrogen-bond acceptors (Lipinski definition) is 4. The lowest BCUT2D eigenvalue weighted by Crippen LogP contribution is -2.28. The Hall–Kier alpha value is -2.05. The number of nitrogens with zero attached hydrogens (tertiary/aromatic N) is 2. The first-order chi connectivity index (χ1) is 11.4. The fourth-order valence-corrected chi connectivity index (χ4v) is 3.05. The van der Waals surface area contributed by atoms with Crippen molar-refractivity contribution in [3.8, 4) is 11.5 Å². The smallest absolute Gasteiger partial charge is 0.213 e. The summed E-state index contributed by atoms with van der Waals surface area (Å²) < 4.78 is 30.5. The molecule has 0 N–H and O–H groups in total. The molecule has 0 radical (unpaired) electrons. The van der Waals surface area contributed by atoms with E-state index in [0.717, 1.165) is 17.2 Å². The minimum Gasteiger partial charge on any atom is -0.457 e. The standard InChI is InChI=1S/C18H24N2O3S/c1-19(2)24(21,22)15-7-14-20(3)16-10-12-18(13-11-16)23-17-8-5-4-6-9-17/h4-6,8-13H,7,14-15H2,1-3H3. The lowest BCUT2D eigenvalue weighted by molar-refractivity contribution is 0.482. The first-order valence-corrected chi connectivity index (χ1v) is 9.44. The topological polar surface area (TPSA) is 49.9 Å². The molecular weight excluding hydrogens is 324 g/mol. The quantitative estimate of drug-likeness (QED) is 0.735. The Morgan fingerprint density at radius 3 is 2.04 bits per heavy atom. The van der Waals surface area contributed by atoms with Crippen molar-refractivity contribution < 1.29 is 13.2 Å². The van der Waals surface area contributed by atoms with Gasteiger partial charge < -0.3 is 9.64 Å². The monoisotopic (exact) mass is 348 g/mol. The van der Waals surface area contributed by atoms with Crippen molar-refractivity contribution in [1.29, 1.82) is 0 Å². The van der Waals surface area contributed by atoms with Gasteiger partial charge in [-0.2, -0.15) is 0 Å². The van der Waals surface area contributed by atoms with E-state index in [1.165, 1.54) is 4.31 Å². The van der Waals surface area contributed by atoms with Gasteiger partial charge in [0.2, 0.25) is 10.0 Å². The molecule has 2 rings (SSSR count). The third-order valence-corrected chi connectivity index (χ3v) is 5.63. The zero-order valence-electron chi connectivity index (χ0n) is 14.3. The van der Waals surface area contributed by atoms with Crippen LogP contribution in [0.25, 0.3) is 0 Å². The molecule has 0 bridgehead atoms. The van der Waals surface area contributed by atoms with E-state index in [0.29, 0.717) is 13.0 Å². The maximum Gasteiger partial charge on any atom is 0.213 e.